The molecule has 6 atom stereocenters. The zero-order chi connectivity index (χ0) is 27.4. The molecule has 2 unspecified atom stereocenters. The lowest BCUT2D eigenvalue weighted by molar-refractivity contribution is -0.155. The van der Waals surface area contributed by atoms with E-state index in [1.54, 1.807) is 23.6 Å². The first-order valence-corrected chi connectivity index (χ1v) is 14.3. The molecular formula is C31H32N2O5S. The first-order valence-electron chi connectivity index (χ1n) is 13.5. The number of hydrogen-bond acceptors (Lipinski definition) is 6. The summed E-state index contributed by atoms with van der Waals surface area (Å²) in [5.41, 5.74) is 1.38. The van der Waals surface area contributed by atoms with Gasteiger partial charge in [-0.1, -0.05) is 60.7 Å². The fourth-order valence-electron chi connectivity index (χ4n) is 7.10. The van der Waals surface area contributed by atoms with Crippen molar-refractivity contribution in [2.45, 2.75) is 48.3 Å². The number of nitrogens with one attached hydrogen (secondary N) is 1. The Bertz CT molecular complexity index is 1450. The van der Waals surface area contributed by atoms with Gasteiger partial charge in [0.05, 0.1) is 35.8 Å². The van der Waals surface area contributed by atoms with Crippen molar-refractivity contribution in [2.75, 3.05) is 18.5 Å². The molecule has 3 saturated heterocycles. The number of carbonyl (C=O) groups excluding carboxylic acids is 3. The maximum atomic E-state index is 14.4. The molecule has 3 aromatic carbocycles. The molecule has 2 N–H and O–H groups in total. The highest BCUT2D eigenvalue weighted by molar-refractivity contribution is 8.02. The summed E-state index contributed by atoms with van der Waals surface area (Å²) in [6.45, 7) is 3.66. The van der Waals surface area contributed by atoms with Crippen LogP contribution in [0.25, 0.3) is 10.8 Å². The van der Waals surface area contributed by atoms with E-state index in [-0.39, 0.29) is 31.0 Å². The second-order valence-corrected chi connectivity index (χ2v) is 12.8. The van der Waals surface area contributed by atoms with Gasteiger partial charge in [0.1, 0.15) is 6.04 Å². The van der Waals surface area contributed by atoms with Crippen LogP contribution in [0.3, 0.4) is 0 Å². The average molecular weight is 545 g/mol. The summed E-state index contributed by atoms with van der Waals surface area (Å²) >= 11 is 1.59. The summed E-state index contributed by atoms with van der Waals surface area (Å²) in [5.74, 6) is -2.32. The van der Waals surface area contributed by atoms with Crippen molar-refractivity contribution in [3.8, 4) is 0 Å². The van der Waals surface area contributed by atoms with Crippen molar-refractivity contribution in [1.82, 2.24) is 4.90 Å². The molecule has 6 rings (SSSR count). The minimum Gasteiger partial charge on any atom is -0.466 e. The Morgan fingerprint density at radius 3 is 2.51 bits per heavy atom. The molecule has 3 fully saturated rings. The summed E-state index contributed by atoms with van der Waals surface area (Å²) in [5, 5.41) is 15.7. The molecule has 39 heavy (non-hydrogen) atoms. The Kier molecular flexibility index (Phi) is 6.43. The van der Waals surface area contributed by atoms with Crippen LogP contribution in [0.15, 0.2) is 72.8 Å². The van der Waals surface area contributed by atoms with Crippen LogP contribution in [0.2, 0.25) is 0 Å². The van der Waals surface area contributed by atoms with Crippen LogP contribution in [-0.2, 0) is 19.1 Å². The third kappa shape index (κ3) is 3.95. The Morgan fingerprint density at radius 2 is 1.79 bits per heavy atom. The van der Waals surface area contributed by atoms with E-state index in [0.717, 1.165) is 16.3 Å². The molecule has 2 amide bonds. The topological polar surface area (TPSA) is 95.9 Å². The van der Waals surface area contributed by atoms with Gasteiger partial charge in [-0.2, -0.15) is 0 Å². The summed E-state index contributed by atoms with van der Waals surface area (Å²) in [6, 6.07) is 21.3. The first kappa shape index (κ1) is 25.9. The minimum atomic E-state index is -0.870. The number of rotatable bonds is 7. The third-order valence-electron chi connectivity index (χ3n) is 8.71. The lowest BCUT2D eigenvalue weighted by atomic mass is 9.66. The van der Waals surface area contributed by atoms with Gasteiger partial charge in [-0.3, -0.25) is 14.4 Å². The van der Waals surface area contributed by atoms with Crippen molar-refractivity contribution in [3.05, 3.63) is 78.4 Å². The highest BCUT2D eigenvalue weighted by atomic mass is 32.2. The van der Waals surface area contributed by atoms with Crippen molar-refractivity contribution >= 4 is 46.0 Å². The number of carbonyl (C=O) groups is 3. The molecule has 8 heteroatoms. The molecule has 3 heterocycles. The number of likely N-dealkylation sites (tertiary alicyclic amines) is 1. The van der Waals surface area contributed by atoms with Crippen LogP contribution in [-0.4, -0.2) is 56.5 Å². The second kappa shape index (κ2) is 9.68. The molecule has 1 spiro atoms. The third-order valence-corrected chi connectivity index (χ3v) is 10.7. The molecule has 0 aliphatic carbocycles. The molecule has 3 aliphatic rings. The van der Waals surface area contributed by atoms with Crippen molar-refractivity contribution in [1.29, 1.82) is 0 Å². The molecule has 202 valence electrons. The fraction of sp³-hybridized carbons (Fsp3) is 0.387. The number of ether oxygens (including phenoxy) is 1. The predicted molar refractivity (Wildman–Crippen MR) is 151 cm³/mol. The number of anilines is 1. The highest BCUT2D eigenvalue weighted by Gasteiger charge is 2.78. The van der Waals surface area contributed by atoms with Gasteiger partial charge in [-0.25, -0.2) is 0 Å². The maximum absolute atomic E-state index is 14.4. The van der Waals surface area contributed by atoms with E-state index in [4.69, 9.17) is 4.74 Å². The maximum Gasteiger partial charge on any atom is 0.311 e. The molecule has 2 bridgehead atoms. The molecule has 3 aliphatic heterocycles. The summed E-state index contributed by atoms with van der Waals surface area (Å²) in [6.07, 6.45) is 1.33. The SMILES string of the molecule is CCOC(=O)[C@@H]1[C@H]2C(=O)N([C@H](CO)c3ccccc3)C(C(=O)Nc3ccc4ccccc4c3)C23CC[C@@]1(C)S3. The van der Waals surface area contributed by atoms with E-state index < -0.39 is 33.4 Å². The number of aliphatic hydroxyl groups is 1. The zero-order valence-electron chi connectivity index (χ0n) is 22.0. The molecule has 0 saturated carbocycles. The van der Waals surface area contributed by atoms with E-state index >= 15 is 0 Å². The summed E-state index contributed by atoms with van der Waals surface area (Å²) in [7, 11) is 0. The van der Waals surface area contributed by atoms with Crippen LogP contribution >= 0.6 is 11.8 Å². The molecule has 3 aromatic rings. The fourth-order valence-corrected chi connectivity index (χ4v) is 9.43. The Morgan fingerprint density at radius 1 is 1.08 bits per heavy atom. The van der Waals surface area contributed by atoms with Gasteiger partial charge in [-0.15, -0.1) is 11.8 Å². The highest BCUT2D eigenvalue weighted by Crippen LogP contribution is 2.72. The quantitative estimate of drug-likeness (QED) is 0.424. The van der Waals surface area contributed by atoms with Gasteiger partial charge >= 0.3 is 5.97 Å². The van der Waals surface area contributed by atoms with Crippen LogP contribution in [0.5, 0.6) is 0 Å². The normalized spacial score (nSPS) is 29.9. The van der Waals surface area contributed by atoms with Crippen LogP contribution in [0, 0.1) is 11.8 Å². The Labute approximate surface area is 231 Å². The van der Waals surface area contributed by atoms with Crippen molar-refractivity contribution in [3.63, 3.8) is 0 Å². The van der Waals surface area contributed by atoms with Gasteiger partial charge in [0.2, 0.25) is 11.8 Å². The Balaban J connectivity index is 1.44. The minimum absolute atomic E-state index is 0.225. The molecule has 0 radical (unpaired) electrons. The number of benzene rings is 3. The number of thioether (sulfide) groups is 1. The number of hydrogen-bond donors (Lipinski definition) is 2. The van der Waals surface area contributed by atoms with E-state index in [0.29, 0.717) is 18.5 Å². The molecular weight excluding hydrogens is 512 g/mol. The predicted octanol–water partition coefficient (Wildman–Crippen LogP) is 4.56. The number of fused-ring (bicyclic) bond motifs is 2. The van der Waals surface area contributed by atoms with E-state index in [2.05, 4.69) is 5.32 Å². The van der Waals surface area contributed by atoms with Gasteiger partial charge in [0.15, 0.2) is 0 Å². The first-order chi connectivity index (χ1) is 18.8. The zero-order valence-corrected chi connectivity index (χ0v) is 22.8. The number of aliphatic hydroxyl groups excluding tert-OH is 1. The number of amides is 2. The van der Waals surface area contributed by atoms with Crippen LogP contribution in [0.4, 0.5) is 5.69 Å². The van der Waals surface area contributed by atoms with Crippen LogP contribution in [0.1, 0.15) is 38.3 Å². The summed E-state index contributed by atoms with van der Waals surface area (Å²) < 4.78 is 4.17. The van der Waals surface area contributed by atoms with E-state index in [1.807, 2.05) is 79.7 Å². The smallest absolute Gasteiger partial charge is 0.311 e. The van der Waals surface area contributed by atoms with Crippen molar-refractivity contribution in [2.24, 2.45) is 11.8 Å². The molecule has 7 nitrogen and oxygen atoms in total. The lowest BCUT2D eigenvalue weighted by Crippen LogP contribution is -2.52. The summed E-state index contributed by atoms with van der Waals surface area (Å²) in [4.78, 5) is 43.5. The monoisotopic (exact) mass is 544 g/mol. The average Bonchev–Trinajstić information content (AvgIpc) is 3.51. The lowest BCUT2D eigenvalue weighted by Gasteiger charge is -2.37. The number of nitrogens with zero attached hydrogens (tertiary/aromatic N) is 1. The van der Waals surface area contributed by atoms with E-state index in [9.17, 15) is 19.5 Å². The molecule has 0 aromatic heterocycles. The van der Waals surface area contributed by atoms with Gasteiger partial charge in [0.25, 0.3) is 0 Å². The van der Waals surface area contributed by atoms with Crippen LogP contribution < -0.4 is 5.32 Å². The largest absolute Gasteiger partial charge is 0.466 e. The second-order valence-electron chi connectivity index (χ2n) is 10.9. The van der Waals surface area contributed by atoms with Crippen molar-refractivity contribution < 1.29 is 24.2 Å². The van der Waals surface area contributed by atoms with Gasteiger partial charge in [-0.05, 0) is 55.2 Å². The standard InChI is InChI=1S/C31H32N2O5S/c1-3-38-29(37)25-24-28(36)33(23(18-34)20-10-5-4-6-11-20)26(31(24)16-15-30(25,2)39-31)27(35)32-22-14-13-19-9-7-8-12-21(19)17-22/h4-14,17,23-26,34H,3,15-16,18H2,1-2H3,(H,32,35)/t23-,24+,25+,26?,30-,31?/m1/s1. The van der Waals surface area contributed by atoms with E-state index in [1.165, 1.54) is 0 Å². The Hall–Kier alpha value is -3.36. The number of esters is 1. The van der Waals surface area contributed by atoms with Gasteiger partial charge < -0.3 is 20.1 Å². The van der Waals surface area contributed by atoms with Gasteiger partial charge in [0, 0.05) is 10.4 Å².